The van der Waals surface area contributed by atoms with E-state index in [0.29, 0.717) is 6.92 Å². The van der Waals surface area contributed by atoms with Crippen LogP contribution in [0.15, 0.2) is 36.4 Å². The lowest BCUT2D eigenvalue weighted by atomic mass is 9.90. The number of nitro benzene ring substituents is 1. The van der Waals surface area contributed by atoms with Crippen molar-refractivity contribution in [2.24, 2.45) is 0 Å². The summed E-state index contributed by atoms with van der Waals surface area (Å²) >= 11 is 0. The van der Waals surface area contributed by atoms with Crippen LogP contribution in [0.2, 0.25) is 0 Å². The van der Waals surface area contributed by atoms with E-state index in [1.807, 2.05) is 0 Å². The molecular formula is C13H10F3NO3. The van der Waals surface area contributed by atoms with Crippen molar-refractivity contribution in [1.29, 1.82) is 0 Å². The summed E-state index contributed by atoms with van der Waals surface area (Å²) in [4.78, 5) is 10.0. The molecule has 106 valence electrons. The Kier molecular flexibility index (Phi) is 3.17. The summed E-state index contributed by atoms with van der Waals surface area (Å²) in [5.41, 5.74) is -3.58. The number of nitrogens with zero attached hydrogens (tertiary/aromatic N) is 1. The average molecular weight is 285 g/mol. The third-order valence-electron chi connectivity index (χ3n) is 3.15. The van der Waals surface area contributed by atoms with Crippen molar-refractivity contribution in [2.75, 3.05) is 0 Å². The zero-order valence-corrected chi connectivity index (χ0v) is 10.3. The third kappa shape index (κ3) is 2.20. The molecular weight excluding hydrogens is 275 g/mol. The predicted molar refractivity (Wildman–Crippen MR) is 66.2 cm³/mol. The molecule has 0 aliphatic rings. The van der Waals surface area contributed by atoms with E-state index >= 15 is 0 Å². The van der Waals surface area contributed by atoms with E-state index < -0.39 is 16.7 Å². The molecule has 1 N–H and O–H groups in total. The largest absolute Gasteiger partial charge is 0.421 e. The highest BCUT2D eigenvalue weighted by molar-refractivity contribution is 5.88. The first-order chi connectivity index (χ1) is 9.14. The van der Waals surface area contributed by atoms with Crippen LogP contribution in [0.1, 0.15) is 12.5 Å². The number of aliphatic hydroxyl groups is 1. The number of fused-ring (bicyclic) bond motifs is 1. The molecule has 4 nitrogen and oxygen atoms in total. The molecule has 0 aliphatic heterocycles. The van der Waals surface area contributed by atoms with Gasteiger partial charge in [0.1, 0.15) is 0 Å². The highest BCUT2D eigenvalue weighted by Gasteiger charge is 2.51. The van der Waals surface area contributed by atoms with Gasteiger partial charge in [-0.2, -0.15) is 13.2 Å². The number of halogens is 3. The number of non-ortho nitro benzene ring substituents is 1. The van der Waals surface area contributed by atoms with Gasteiger partial charge < -0.3 is 5.11 Å². The van der Waals surface area contributed by atoms with Gasteiger partial charge in [-0.15, -0.1) is 0 Å². The Morgan fingerprint density at radius 3 is 2.40 bits per heavy atom. The van der Waals surface area contributed by atoms with E-state index in [4.69, 9.17) is 0 Å². The van der Waals surface area contributed by atoms with Gasteiger partial charge in [-0.1, -0.05) is 18.2 Å². The Labute approximate surface area is 111 Å². The molecule has 0 aromatic heterocycles. The second-order valence-electron chi connectivity index (χ2n) is 4.54. The van der Waals surface area contributed by atoms with Crippen molar-refractivity contribution in [3.05, 3.63) is 52.1 Å². The summed E-state index contributed by atoms with van der Waals surface area (Å²) in [6, 6.07) is 7.42. The van der Waals surface area contributed by atoms with Gasteiger partial charge in [-0.3, -0.25) is 10.1 Å². The van der Waals surface area contributed by atoms with Crippen molar-refractivity contribution in [3.63, 3.8) is 0 Å². The lowest BCUT2D eigenvalue weighted by Gasteiger charge is -2.27. The SMILES string of the molecule is CC(O)(c1cccc2cc([N+](=O)[O-])ccc12)C(F)(F)F. The Morgan fingerprint density at radius 1 is 1.20 bits per heavy atom. The maximum Gasteiger partial charge on any atom is 0.421 e. The Balaban J connectivity index is 2.71. The number of benzene rings is 2. The molecule has 20 heavy (non-hydrogen) atoms. The molecule has 0 saturated heterocycles. The second kappa shape index (κ2) is 4.45. The van der Waals surface area contributed by atoms with Crippen molar-refractivity contribution < 1.29 is 23.2 Å². The number of hydrogen-bond donors (Lipinski definition) is 1. The van der Waals surface area contributed by atoms with Gasteiger partial charge in [0.15, 0.2) is 5.60 Å². The van der Waals surface area contributed by atoms with Gasteiger partial charge in [-0.25, -0.2) is 0 Å². The maximum absolute atomic E-state index is 12.9. The van der Waals surface area contributed by atoms with Crippen LogP contribution in [0, 0.1) is 10.1 Å². The van der Waals surface area contributed by atoms with Crippen molar-refractivity contribution in [3.8, 4) is 0 Å². The molecule has 7 heteroatoms. The van der Waals surface area contributed by atoms with E-state index in [1.165, 1.54) is 24.3 Å². The maximum atomic E-state index is 12.9. The van der Waals surface area contributed by atoms with Gasteiger partial charge in [0, 0.05) is 17.7 Å². The summed E-state index contributed by atoms with van der Waals surface area (Å²) in [7, 11) is 0. The van der Waals surface area contributed by atoms with Gasteiger partial charge >= 0.3 is 6.18 Å². The summed E-state index contributed by atoms with van der Waals surface area (Å²) in [5, 5.41) is 20.8. The number of hydrogen-bond acceptors (Lipinski definition) is 3. The summed E-state index contributed by atoms with van der Waals surface area (Å²) in [6.07, 6.45) is -4.84. The first kappa shape index (κ1) is 14.3. The first-order valence-corrected chi connectivity index (χ1v) is 5.61. The zero-order valence-electron chi connectivity index (χ0n) is 10.3. The van der Waals surface area contributed by atoms with Crippen LogP contribution in [0.4, 0.5) is 18.9 Å². The van der Waals surface area contributed by atoms with Crippen LogP contribution >= 0.6 is 0 Å². The zero-order chi connectivity index (χ0) is 15.1. The summed E-state index contributed by atoms with van der Waals surface area (Å²) in [5.74, 6) is 0. The second-order valence-corrected chi connectivity index (χ2v) is 4.54. The van der Waals surface area contributed by atoms with Crippen LogP contribution in [0.25, 0.3) is 10.8 Å². The summed E-state index contributed by atoms with van der Waals surface area (Å²) in [6.45, 7) is 0.656. The molecule has 0 radical (unpaired) electrons. The van der Waals surface area contributed by atoms with Crippen LogP contribution < -0.4 is 0 Å². The van der Waals surface area contributed by atoms with Crippen LogP contribution in [0.3, 0.4) is 0 Å². The minimum Gasteiger partial charge on any atom is -0.376 e. The molecule has 2 aromatic rings. The number of rotatable bonds is 2. The molecule has 0 heterocycles. The van der Waals surface area contributed by atoms with E-state index in [0.717, 1.165) is 12.1 Å². The summed E-state index contributed by atoms with van der Waals surface area (Å²) < 4.78 is 38.7. The first-order valence-electron chi connectivity index (χ1n) is 5.61. The van der Waals surface area contributed by atoms with Gasteiger partial charge in [-0.05, 0) is 23.8 Å². The van der Waals surface area contributed by atoms with E-state index in [1.54, 1.807) is 0 Å². The minimum absolute atomic E-state index is 0.125. The van der Waals surface area contributed by atoms with Crippen LogP contribution in [-0.4, -0.2) is 16.2 Å². The third-order valence-corrected chi connectivity index (χ3v) is 3.15. The molecule has 0 fully saturated rings. The molecule has 0 bridgehead atoms. The molecule has 2 aromatic carbocycles. The number of alkyl halides is 3. The molecule has 0 saturated carbocycles. The molecule has 2 rings (SSSR count). The molecule has 0 amide bonds. The van der Waals surface area contributed by atoms with Gasteiger partial charge in [0.2, 0.25) is 0 Å². The number of nitro groups is 1. The normalized spacial score (nSPS) is 15.1. The highest BCUT2D eigenvalue weighted by Crippen LogP contribution is 2.41. The Morgan fingerprint density at radius 2 is 1.85 bits per heavy atom. The van der Waals surface area contributed by atoms with Crippen molar-refractivity contribution in [2.45, 2.75) is 18.7 Å². The monoisotopic (exact) mass is 285 g/mol. The topological polar surface area (TPSA) is 63.4 Å². The lowest BCUT2D eigenvalue weighted by Crippen LogP contribution is -2.39. The van der Waals surface area contributed by atoms with E-state index in [9.17, 15) is 28.4 Å². The lowest BCUT2D eigenvalue weighted by molar-refractivity contribution is -0.384. The highest BCUT2D eigenvalue weighted by atomic mass is 19.4. The Bertz CT molecular complexity index is 680. The predicted octanol–water partition coefficient (Wildman–Crippen LogP) is 3.52. The molecule has 1 atom stereocenters. The van der Waals surface area contributed by atoms with Crippen LogP contribution in [0.5, 0.6) is 0 Å². The molecule has 0 spiro atoms. The standard InChI is InChI=1S/C13H10F3NO3/c1-12(18,13(14,15)16)11-4-2-3-8-7-9(17(19)20)5-6-10(8)11/h2-7,18H,1H3. The fourth-order valence-electron chi connectivity index (χ4n) is 1.96. The van der Waals surface area contributed by atoms with Crippen molar-refractivity contribution >= 4 is 16.5 Å². The van der Waals surface area contributed by atoms with Gasteiger partial charge in [0.25, 0.3) is 5.69 Å². The van der Waals surface area contributed by atoms with E-state index in [-0.39, 0.29) is 22.0 Å². The Hall–Kier alpha value is -2.15. The molecule has 0 aliphatic carbocycles. The average Bonchev–Trinajstić information content (AvgIpc) is 2.35. The van der Waals surface area contributed by atoms with Crippen LogP contribution in [-0.2, 0) is 5.60 Å². The quantitative estimate of drug-likeness (QED) is 0.678. The van der Waals surface area contributed by atoms with Gasteiger partial charge in [0.05, 0.1) is 4.92 Å². The fourth-order valence-corrected chi connectivity index (χ4v) is 1.96. The van der Waals surface area contributed by atoms with E-state index in [2.05, 4.69) is 0 Å². The minimum atomic E-state index is -4.84. The smallest absolute Gasteiger partial charge is 0.376 e. The fraction of sp³-hybridized carbons (Fsp3) is 0.231. The molecule has 1 unspecified atom stereocenters. The van der Waals surface area contributed by atoms with Crippen molar-refractivity contribution in [1.82, 2.24) is 0 Å².